The molecule has 0 amide bonds. The largest absolute Gasteiger partial charge is 0.345 e. The van der Waals surface area contributed by atoms with Crippen LogP contribution in [0.3, 0.4) is 0 Å². The number of aromatic nitrogens is 2. The number of H-pyrrole nitrogens is 1. The molecule has 0 saturated carbocycles. The lowest BCUT2D eigenvalue weighted by Crippen LogP contribution is -2.20. The number of nitrogens with zero attached hydrogens (tertiary/aromatic N) is 1. The van der Waals surface area contributed by atoms with Crippen molar-refractivity contribution in [2.75, 3.05) is 0 Å². The standard InChI is InChI=1S/C8H8N2O2/c11-7-3-1-2-6-5(7)4-9-8(12)10-6/h4H,1-3H2,(H,9,10,12). The molecule has 1 N–H and O–H groups in total. The molecule has 1 aromatic rings. The van der Waals surface area contributed by atoms with E-state index in [9.17, 15) is 9.59 Å². The monoisotopic (exact) mass is 164 g/mol. The minimum absolute atomic E-state index is 0.0833. The molecule has 0 aromatic carbocycles. The van der Waals surface area contributed by atoms with Gasteiger partial charge in [0.1, 0.15) is 0 Å². The minimum atomic E-state index is -0.372. The van der Waals surface area contributed by atoms with E-state index in [0.717, 1.165) is 18.5 Å². The fourth-order valence-corrected chi connectivity index (χ4v) is 1.43. The zero-order valence-electron chi connectivity index (χ0n) is 6.46. The molecule has 0 radical (unpaired) electrons. The Morgan fingerprint density at radius 1 is 1.33 bits per heavy atom. The third kappa shape index (κ3) is 1.05. The number of aryl methyl sites for hydroxylation is 1. The van der Waals surface area contributed by atoms with Crippen LogP contribution >= 0.6 is 0 Å². The summed E-state index contributed by atoms with van der Waals surface area (Å²) in [6.07, 6.45) is 3.54. The Labute approximate surface area is 68.6 Å². The average molecular weight is 164 g/mol. The molecule has 2 rings (SSSR count). The quantitative estimate of drug-likeness (QED) is 0.599. The Kier molecular flexibility index (Phi) is 1.53. The van der Waals surface area contributed by atoms with Crippen LogP contribution in [0, 0.1) is 0 Å². The maximum Gasteiger partial charge on any atom is 0.345 e. The second-order valence-electron chi connectivity index (χ2n) is 2.86. The second kappa shape index (κ2) is 2.55. The number of Topliss-reactive ketones (excluding diaryl/α,β-unsaturated/α-hetero) is 1. The fourth-order valence-electron chi connectivity index (χ4n) is 1.43. The summed E-state index contributed by atoms with van der Waals surface area (Å²) >= 11 is 0. The number of fused-ring (bicyclic) bond motifs is 1. The van der Waals surface area contributed by atoms with Gasteiger partial charge in [0.25, 0.3) is 0 Å². The molecule has 12 heavy (non-hydrogen) atoms. The normalized spacial score (nSPS) is 15.8. The number of rotatable bonds is 0. The molecule has 0 atom stereocenters. The molecule has 1 heterocycles. The van der Waals surface area contributed by atoms with Gasteiger partial charge in [0.05, 0.1) is 5.56 Å². The molecule has 0 unspecified atom stereocenters. The summed E-state index contributed by atoms with van der Waals surface area (Å²) in [5, 5.41) is 0. The molecule has 1 aromatic heterocycles. The Balaban J connectivity index is 2.60. The number of carbonyl (C=O) groups excluding carboxylic acids is 1. The van der Waals surface area contributed by atoms with E-state index in [1.807, 2.05) is 0 Å². The highest BCUT2D eigenvalue weighted by Gasteiger charge is 2.17. The van der Waals surface area contributed by atoms with Crippen LogP contribution in [0.25, 0.3) is 0 Å². The van der Waals surface area contributed by atoms with Crippen LogP contribution in [0.15, 0.2) is 11.0 Å². The Hall–Kier alpha value is -1.45. The van der Waals surface area contributed by atoms with Gasteiger partial charge in [0, 0.05) is 18.3 Å². The van der Waals surface area contributed by atoms with Gasteiger partial charge in [-0.25, -0.2) is 9.78 Å². The predicted octanol–water partition coefficient (Wildman–Crippen LogP) is 0.289. The van der Waals surface area contributed by atoms with Gasteiger partial charge in [-0.3, -0.25) is 4.79 Å². The zero-order chi connectivity index (χ0) is 8.55. The van der Waals surface area contributed by atoms with Crippen LogP contribution in [0.2, 0.25) is 0 Å². The van der Waals surface area contributed by atoms with Crippen LogP contribution in [0.1, 0.15) is 28.9 Å². The molecule has 1 aliphatic carbocycles. The first-order valence-electron chi connectivity index (χ1n) is 3.89. The van der Waals surface area contributed by atoms with E-state index in [2.05, 4.69) is 9.97 Å². The maximum atomic E-state index is 11.2. The van der Waals surface area contributed by atoms with Crippen LogP contribution in [-0.2, 0) is 6.42 Å². The van der Waals surface area contributed by atoms with E-state index in [-0.39, 0.29) is 11.5 Å². The van der Waals surface area contributed by atoms with Crippen LogP contribution in [-0.4, -0.2) is 15.8 Å². The minimum Gasteiger partial charge on any atom is -0.309 e. The van der Waals surface area contributed by atoms with E-state index in [0.29, 0.717) is 12.0 Å². The second-order valence-corrected chi connectivity index (χ2v) is 2.86. The molecule has 4 nitrogen and oxygen atoms in total. The maximum absolute atomic E-state index is 11.2. The van der Waals surface area contributed by atoms with Gasteiger partial charge in [-0.15, -0.1) is 0 Å². The SMILES string of the molecule is O=C1CCCc2[nH]c(=O)ncc21. The summed E-state index contributed by atoms with van der Waals surface area (Å²) < 4.78 is 0. The smallest absolute Gasteiger partial charge is 0.309 e. The first kappa shape index (κ1) is 7.21. The van der Waals surface area contributed by atoms with Crippen molar-refractivity contribution in [1.29, 1.82) is 0 Å². The van der Waals surface area contributed by atoms with Crippen molar-refractivity contribution in [3.63, 3.8) is 0 Å². The van der Waals surface area contributed by atoms with E-state index in [1.54, 1.807) is 0 Å². The fraction of sp³-hybridized carbons (Fsp3) is 0.375. The highest BCUT2D eigenvalue weighted by atomic mass is 16.1. The number of aromatic amines is 1. The van der Waals surface area contributed by atoms with E-state index < -0.39 is 0 Å². The van der Waals surface area contributed by atoms with Gasteiger partial charge in [0.15, 0.2) is 5.78 Å². The van der Waals surface area contributed by atoms with Crippen molar-refractivity contribution in [2.24, 2.45) is 0 Å². The molecule has 0 spiro atoms. The van der Waals surface area contributed by atoms with Gasteiger partial charge < -0.3 is 4.98 Å². The van der Waals surface area contributed by atoms with Gasteiger partial charge in [0.2, 0.25) is 0 Å². The number of carbonyl (C=O) groups is 1. The summed E-state index contributed by atoms with van der Waals surface area (Å²) in [6.45, 7) is 0. The van der Waals surface area contributed by atoms with E-state index in [4.69, 9.17) is 0 Å². The third-order valence-electron chi connectivity index (χ3n) is 2.02. The number of hydrogen-bond acceptors (Lipinski definition) is 3. The summed E-state index contributed by atoms with van der Waals surface area (Å²) in [7, 11) is 0. The highest BCUT2D eigenvalue weighted by molar-refractivity contribution is 5.97. The van der Waals surface area contributed by atoms with Crippen molar-refractivity contribution in [3.8, 4) is 0 Å². The molecule has 0 aliphatic heterocycles. The van der Waals surface area contributed by atoms with Gasteiger partial charge in [-0.05, 0) is 12.8 Å². The van der Waals surface area contributed by atoms with Gasteiger partial charge >= 0.3 is 5.69 Å². The zero-order valence-corrected chi connectivity index (χ0v) is 6.46. The highest BCUT2D eigenvalue weighted by Crippen LogP contribution is 2.16. The molecule has 0 fully saturated rings. The summed E-state index contributed by atoms with van der Waals surface area (Å²) in [5.74, 6) is 0.0833. The van der Waals surface area contributed by atoms with Crippen molar-refractivity contribution < 1.29 is 4.79 Å². The Morgan fingerprint density at radius 2 is 2.17 bits per heavy atom. The van der Waals surface area contributed by atoms with Crippen LogP contribution < -0.4 is 5.69 Å². The Bertz CT molecular complexity index is 381. The molecule has 0 saturated heterocycles. The number of ketones is 1. The third-order valence-corrected chi connectivity index (χ3v) is 2.02. The predicted molar refractivity (Wildman–Crippen MR) is 42.1 cm³/mol. The molecular weight excluding hydrogens is 156 g/mol. The first-order valence-corrected chi connectivity index (χ1v) is 3.89. The molecule has 1 aliphatic rings. The average Bonchev–Trinajstić information content (AvgIpc) is 2.04. The van der Waals surface area contributed by atoms with Crippen LogP contribution in [0.5, 0.6) is 0 Å². The first-order chi connectivity index (χ1) is 5.77. The van der Waals surface area contributed by atoms with Crippen molar-refractivity contribution in [3.05, 3.63) is 27.9 Å². The lowest BCUT2D eigenvalue weighted by molar-refractivity contribution is 0.0971. The molecule has 62 valence electrons. The summed E-state index contributed by atoms with van der Waals surface area (Å²) in [6, 6.07) is 0. The molecule has 4 heteroatoms. The van der Waals surface area contributed by atoms with Gasteiger partial charge in [-0.2, -0.15) is 0 Å². The van der Waals surface area contributed by atoms with E-state index in [1.165, 1.54) is 6.20 Å². The number of hydrogen-bond donors (Lipinski definition) is 1. The summed E-state index contributed by atoms with van der Waals surface area (Å²) in [5.41, 5.74) is 0.954. The van der Waals surface area contributed by atoms with Crippen molar-refractivity contribution in [2.45, 2.75) is 19.3 Å². The molecular formula is C8H8N2O2. The van der Waals surface area contributed by atoms with E-state index >= 15 is 0 Å². The molecule has 0 bridgehead atoms. The topological polar surface area (TPSA) is 62.8 Å². The number of nitrogens with one attached hydrogen (secondary N) is 1. The van der Waals surface area contributed by atoms with Crippen LogP contribution in [0.4, 0.5) is 0 Å². The summed E-state index contributed by atoms with van der Waals surface area (Å²) in [4.78, 5) is 28.1. The Morgan fingerprint density at radius 3 is 3.00 bits per heavy atom. The van der Waals surface area contributed by atoms with Crippen molar-refractivity contribution >= 4 is 5.78 Å². The lowest BCUT2D eigenvalue weighted by Gasteiger charge is -2.11. The van der Waals surface area contributed by atoms with Gasteiger partial charge in [-0.1, -0.05) is 0 Å². The lowest BCUT2D eigenvalue weighted by atomic mass is 9.96. The van der Waals surface area contributed by atoms with Crippen molar-refractivity contribution in [1.82, 2.24) is 9.97 Å².